The molecule has 0 spiro atoms. The number of hydrogen-bond acceptors (Lipinski definition) is 6. The molecular formula is C23H14F3N5O4. The number of imide groups is 1. The molecule has 1 aliphatic rings. The number of alkyl halides is 3. The smallest absolute Gasteiger partial charge is 0.405 e. The fourth-order valence-corrected chi connectivity index (χ4v) is 3.70. The lowest BCUT2D eigenvalue weighted by Gasteiger charge is -2.13. The van der Waals surface area contributed by atoms with Crippen molar-refractivity contribution < 1.29 is 32.3 Å². The van der Waals surface area contributed by atoms with Crippen LogP contribution in [0.15, 0.2) is 66.9 Å². The molecule has 1 aliphatic heterocycles. The zero-order valence-electron chi connectivity index (χ0n) is 17.6. The van der Waals surface area contributed by atoms with Gasteiger partial charge in [-0.1, -0.05) is 30.3 Å². The van der Waals surface area contributed by atoms with Crippen LogP contribution in [0.3, 0.4) is 0 Å². The first-order valence-electron chi connectivity index (χ1n) is 10.2. The molecule has 9 nitrogen and oxygen atoms in total. The summed E-state index contributed by atoms with van der Waals surface area (Å²) in [6.45, 7) is -0.532. The topological polar surface area (TPSA) is 106 Å². The van der Waals surface area contributed by atoms with Gasteiger partial charge in [0.05, 0.1) is 11.1 Å². The molecule has 2 aromatic heterocycles. The molecule has 0 unspecified atom stereocenters. The van der Waals surface area contributed by atoms with Crippen LogP contribution >= 0.6 is 0 Å². The number of fused-ring (bicyclic) bond motifs is 2. The average Bonchev–Trinajstić information content (AvgIpc) is 3.32. The molecule has 1 N–H and O–H groups in total. The van der Waals surface area contributed by atoms with Crippen molar-refractivity contribution in [3.05, 3.63) is 78.0 Å². The van der Waals surface area contributed by atoms with Gasteiger partial charge in [0.2, 0.25) is 11.9 Å². The Labute approximate surface area is 194 Å². The first kappa shape index (κ1) is 22.1. The number of ether oxygens (including phenoxy) is 1. The standard InChI is InChI=1S/C23H14F3N5O4/c24-23(25,26)35-17-8-4-3-5-14(17)13-9-10-18-27-22(29-31(18)11-13)28-19(32)12-30-20(33)15-6-1-2-7-16(15)21(30)34/h1-11H,12H2,(H,28,29,32). The van der Waals surface area contributed by atoms with Gasteiger partial charge in [-0.05, 0) is 30.3 Å². The Hall–Kier alpha value is -4.74. The van der Waals surface area contributed by atoms with Gasteiger partial charge in [-0.3, -0.25) is 24.6 Å². The Morgan fingerprint density at radius 2 is 1.54 bits per heavy atom. The average molecular weight is 481 g/mol. The highest BCUT2D eigenvalue weighted by molar-refractivity contribution is 6.22. The number of nitrogens with one attached hydrogen (secondary N) is 1. The number of aromatic nitrogens is 3. The van der Waals surface area contributed by atoms with Crippen molar-refractivity contribution in [3.8, 4) is 16.9 Å². The minimum atomic E-state index is -4.86. The Bertz CT molecular complexity index is 1460. The lowest BCUT2D eigenvalue weighted by molar-refractivity contribution is -0.274. The Balaban J connectivity index is 1.34. The summed E-state index contributed by atoms with van der Waals surface area (Å²) in [6, 6.07) is 14.9. The number of hydrogen-bond donors (Lipinski definition) is 1. The van der Waals surface area contributed by atoms with E-state index in [4.69, 9.17) is 0 Å². The van der Waals surface area contributed by atoms with E-state index in [0.717, 1.165) is 4.90 Å². The summed E-state index contributed by atoms with van der Waals surface area (Å²) in [5.41, 5.74) is 1.29. The normalized spacial score (nSPS) is 13.3. The molecule has 0 saturated carbocycles. The molecule has 0 radical (unpaired) electrons. The molecule has 3 heterocycles. The predicted octanol–water partition coefficient (Wildman–Crippen LogP) is 3.53. The van der Waals surface area contributed by atoms with Crippen molar-refractivity contribution in [2.75, 3.05) is 11.9 Å². The molecule has 4 aromatic rings. The number of para-hydroxylation sites is 1. The third-order valence-electron chi connectivity index (χ3n) is 5.19. The summed E-state index contributed by atoms with van der Waals surface area (Å²) in [7, 11) is 0. The van der Waals surface area contributed by atoms with E-state index in [1.165, 1.54) is 53.2 Å². The van der Waals surface area contributed by atoms with Gasteiger partial charge in [0.1, 0.15) is 12.3 Å². The Morgan fingerprint density at radius 3 is 2.20 bits per heavy atom. The maximum atomic E-state index is 12.8. The monoisotopic (exact) mass is 481 g/mol. The number of halogens is 3. The minimum Gasteiger partial charge on any atom is -0.405 e. The molecule has 0 atom stereocenters. The van der Waals surface area contributed by atoms with Gasteiger partial charge < -0.3 is 4.74 Å². The number of amides is 3. The van der Waals surface area contributed by atoms with Crippen LogP contribution in [0, 0.1) is 0 Å². The van der Waals surface area contributed by atoms with Gasteiger partial charge in [-0.2, -0.15) is 4.98 Å². The van der Waals surface area contributed by atoms with E-state index in [-0.39, 0.29) is 28.4 Å². The second-order valence-electron chi connectivity index (χ2n) is 7.49. The number of carbonyl (C=O) groups excluding carboxylic acids is 3. The largest absolute Gasteiger partial charge is 0.573 e. The zero-order valence-corrected chi connectivity index (χ0v) is 17.6. The number of carbonyl (C=O) groups is 3. The van der Waals surface area contributed by atoms with Crippen molar-refractivity contribution >= 4 is 29.3 Å². The second kappa shape index (κ2) is 8.24. The van der Waals surface area contributed by atoms with E-state index >= 15 is 0 Å². The number of rotatable bonds is 5. The number of benzene rings is 2. The summed E-state index contributed by atoms with van der Waals surface area (Å²) in [5.74, 6) is -2.33. The van der Waals surface area contributed by atoms with Gasteiger partial charge in [0.15, 0.2) is 5.65 Å². The SMILES string of the molecule is O=C(CN1C(=O)c2ccccc2C1=O)Nc1nc2ccc(-c3ccccc3OC(F)(F)F)cn2n1. The number of anilines is 1. The van der Waals surface area contributed by atoms with Crippen LogP contribution in [0.1, 0.15) is 20.7 Å². The molecular weight excluding hydrogens is 467 g/mol. The third-order valence-corrected chi connectivity index (χ3v) is 5.19. The van der Waals surface area contributed by atoms with E-state index < -0.39 is 30.6 Å². The van der Waals surface area contributed by atoms with Crippen molar-refractivity contribution in [1.29, 1.82) is 0 Å². The van der Waals surface area contributed by atoms with Crippen molar-refractivity contribution in [2.45, 2.75) is 6.36 Å². The van der Waals surface area contributed by atoms with E-state index in [0.29, 0.717) is 11.2 Å². The first-order valence-corrected chi connectivity index (χ1v) is 10.2. The van der Waals surface area contributed by atoms with Gasteiger partial charge in [-0.15, -0.1) is 18.3 Å². The highest BCUT2D eigenvalue weighted by Crippen LogP contribution is 2.33. The van der Waals surface area contributed by atoms with Crippen LogP contribution in [-0.2, 0) is 4.79 Å². The lowest BCUT2D eigenvalue weighted by atomic mass is 10.1. The minimum absolute atomic E-state index is 0.108. The molecule has 2 aromatic carbocycles. The number of pyridine rings is 1. The third kappa shape index (κ3) is 4.28. The van der Waals surface area contributed by atoms with E-state index in [1.807, 2.05) is 0 Å². The molecule has 176 valence electrons. The summed E-state index contributed by atoms with van der Waals surface area (Å²) >= 11 is 0. The number of nitrogens with zero attached hydrogens (tertiary/aromatic N) is 4. The molecule has 3 amide bonds. The highest BCUT2D eigenvalue weighted by Gasteiger charge is 2.36. The summed E-state index contributed by atoms with van der Waals surface area (Å²) < 4.78 is 43.6. The van der Waals surface area contributed by atoms with E-state index in [1.54, 1.807) is 18.2 Å². The lowest BCUT2D eigenvalue weighted by Crippen LogP contribution is -2.37. The van der Waals surface area contributed by atoms with E-state index in [9.17, 15) is 27.6 Å². The molecule has 35 heavy (non-hydrogen) atoms. The maximum Gasteiger partial charge on any atom is 0.573 e. The fourth-order valence-electron chi connectivity index (χ4n) is 3.70. The molecule has 12 heteroatoms. The summed E-state index contributed by atoms with van der Waals surface area (Å²) in [6.07, 6.45) is -3.43. The Morgan fingerprint density at radius 1 is 0.914 bits per heavy atom. The quantitative estimate of drug-likeness (QED) is 0.437. The first-order chi connectivity index (χ1) is 16.7. The molecule has 0 bridgehead atoms. The van der Waals surface area contributed by atoms with Gasteiger partial charge in [0, 0.05) is 17.3 Å². The molecule has 0 aliphatic carbocycles. The van der Waals surface area contributed by atoms with Crippen molar-refractivity contribution in [1.82, 2.24) is 19.5 Å². The van der Waals surface area contributed by atoms with Gasteiger partial charge in [-0.25, -0.2) is 4.52 Å². The fraction of sp³-hybridized carbons (Fsp3) is 0.0870. The van der Waals surface area contributed by atoms with Crippen LogP contribution in [0.25, 0.3) is 16.8 Å². The van der Waals surface area contributed by atoms with Crippen LogP contribution in [-0.4, -0.2) is 50.1 Å². The molecule has 0 saturated heterocycles. The van der Waals surface area contributed by atoms with Crippen LogP contribution in [0.4, 0.5) is 19.1 Å². The van der Waals surface area contributed by atoms with Crippen LogP contribution in [0.2, 0.25) is 0 Å². The molecule has 0 fully saturated rings. The van der Waals surface area contributed by atoms with E-state index in [2.05, 4.69) is 20.1 Å². The van der Waals surface area contributed by atoms with Crippen molar-refractivity contribution in [2.24, 2.45) is 0 Å². The summed E-state index contributed by atoms with van der Waals surface area (Å²) in [5, 5.41) is 6.54. The summed E-state index contributed by atoms with van der Waals surface area (Å²) in [4.78, 5) is 42.3. The molecule has 5 rings (SSSR count). The second-order valence-corrected chi connectivity index (χ2v) is 7.49. The maximum absolute atomic E-state index is 12.8. The van der Waals surface area contributed by atoms with Crippen LogP contribution < -0.4 is 10.1 Å². The van der Waals surface area contributed by atoms with Crippen molar-refractivity contribution in [3.63, 3.8) is 0 Å². The van der Waals surface area contributed by atoms with Gasteiger partial charge >= 0.3 is 6.36 Å². The predicted molar refractivity (Wildman–Crippen MR) is 116 cm³/mol. The zero-order chi connectivity index (χ0) is 24.7. The highest BCUT2D eigenvalue weighted by atomic mass is 19.4. The Kier molecular flexibility index (Phi) is 5.20. The van der Waals surface area contributed by atoms with Crippen LogP contribution in [0.5, 0.6) is 5.75 Å². The van der Waals surface area contributed by atoms with Gasteiger partial charge in [0.25, 0.3) is 11.8 Å².